The van der Waals surface area contributed by atoms with E-state index in [4.69, 9.17) is 8.83 Å². The van der Waals surface area contributed by atoms with Crippen molar-refractivity contribution in [2.75, 3.05) is 23.3 Å². The van der Waals surface area contributed by atoms with Crippen LogP contribution in [-0.4, -0.2) is 35.6 Å². The molecule has 0 bridgehead atoms. The lowest BCUT2D eigenvalue weighted by molar-refractivity contribution is -0.131. The van der Waals surface area contributed by atoms with Crippen molar-refractivity contribution in [3.05, 3.63) is 108 Å². The Morgan fingerprint density at radius 2 is 1.83 bits per heavy atom. The maximum absolute atomic E-state index is 13.2. The Labute approximate surface area is 207 Å². The molecule has 4 aromatic rings. The standard InChI is InChI=1S/C28H24N4O4/c33-27(32-24(26-11-5-15-36-26)17-22(30-32)25-10-4-14-35-25)18-29-21-8-3-7-20(16-21)28(34)31-13-12-19-6-1-2-9-23(19)31/h1-11,14-16,24,29H,12-13,17-18H2. The smallest absolute Gasteiger partial charge is 0.262 e. The molecule has 36 heavy (non-hydrogen) atoms. The molecule has 0 saturated carbocycles. The van der Waals surface area contributed by atoms with Crippen molar-refractivity contribution >= 4 is 28.9 Å². The predicted molar refractivity (Wildman–Crippen MR) is 135 cm³/mol. The summed E-state index contributed by atoms with van der Waals surface area (Å²) in [5.74, 6) is 1.01. The van der Waals surface area contributed by atoms with E-state index in [2.05, 4.69) is 16.5 Å². The molecule has 6 rings (SSSR count). The fourth-order valence-electron chi connectivity index (χ4n) is 4.76. The van der Waals surface area contributed by atoms with E-state index in [9.17, 15) is 9.59 Å². The first kappa shape index (κ1) is 21.9. The number of anilines is 2. The molecular weight excluding hydrogens is 456 g/mol. The van der Waals surface area contributed by atoms with Gasteiger partial charge in [0.15, 0.2) is 0 Å². The number of carbonyl (C=O) groups is 2. The molecule has 4 heterocycles. The Morgan fingerprint density at radius 1 is 0.972 bits per heavy atom. The minimum absolute atomic E-state index is 0.0103. The molecule has 2 amide bonds. The number of benzene rings is 2. The molecule has 0 spiro atoms. The third kappa shape index (κ3) is 4.07. The number of carbonyl (C=O) groups excluding carboxylic acids is 2. The molecule has 2 aliphatic heterocycles. The van der Waals surface area contributed by atoms with Crippen molar-refractivity contribution in [1.29, 1.82) is 0 Å². The minimum Gasteiger partial charge on any atom is -0.467 e. The molecular formula is C28H24N4O4. The van der Waals surface area contributed by atoms with Crippen molar-refractivity contribution < 1.29 is 18.4 Å². The molecule has 2 aromatic carbocycles. The first-order chi connectivity index (χ1) is 17.7. The number of furan rings is 2. The molecule has 8 nitrogen and oxygen atoms in total. The summed E-state index contributed by atoms with van der Waals surface area (Å²) in [6.45, 7) is 0.670. The minimum atomic E-state index is -0.349. The SMILES string of the molecule is O=C(c1cccc(NCC(=O)N2N=C(c3ccco3)CC2c2ccco2)c1)N1CCc2ccccc21. The first-order valence-electron chi connectivity index (χ1n) is 11.9. The highest BCUT2D eigenvalue weighted by Gasteiger charge is 2.35. The van der Waals surface area contributed by atoms with Gasteiger partial charge in [-0.3, -0.25) is 9.59 Å². The molecule has 1 atom stereocenters. The van der Waals surface area contributed by atoms with Gasteiger partial charge in [0.05, 0.1) is 19.1 Å². The number of hydrogen-bond donors (Lipinski definition) is 1. The van der Waals surface area contributed by atoms with Crippen LogP contribution < -0.4 is 10.2 Å². The molecule has 0 saturated heterocycles. The van der Waals surface area contributed by atoms with Crippen molar-refractivity contribution in [1.82, 2.24) is 5.01 Å². The Bertz CT molecular complexity index is 1430. The maximum Gasteiger partial charge on any atom is 0.262 e. The van der Waals surface area contributed by atoms with E-state index in [0.717, 1.165) is 12.1 Å². The molecule has 1 N–H and O–H groups in total. The van der Waals surface area contributed by atoms with Crippen molar-refractivity contribution in [3.63, 3.8) is 0 Å². The second kappa shape index (κ2) is 9.22. The molecule has 0 aliphatic carbocycles. The molecule has 1 unspecified atom stereocenters. The van der Waals surface area contributed by atoms with Crippen molar-refractivity contribution in [2.24, 2.45) is 5.10 Å². The van der Waals surface area contributed by atoms with Gasteiger partial charge in [-0.1, -0.05) is 24.3 Å². The summed E-state index contributed by atoms with van der Waals surface area (Å²) in [6.07, 6.45) is 4.51. The fraction of sp³-hybridized carbons (Fsp3) is 0.179. The number of para-hydroxylation sites is 1. The topological polar surface area (TPSA) is 91.3 Å². The number of hydrogen-bond acceptors (Lipinski definition) is 6. The highest BCUT2D eigenvalue weighted by molar-refractivity contribution is 6.07. The van der Waals surface area contributed by atoms with E-state index in [-0.39, 0.29) is 24.4 Å². The number of amides is 2. The molecule has 2 aliphatic rings. The molecule has 180 valence electrons. The van der Waals surface area contributed by atoms with Gasteiger partial charge in [0.2, 0.25) is 0 Å². The van der Waals surface area contributed by atoms with Crippen LogP contribution >= 0.6 is 0 Å². The summed E-state index contributed by atoms with van der Waals surface area (Å²) in [7, 11) is 0. The van der Waals surface area contributed by atoms with E-state index in [0.29, 0.717) is 41.4 Å². The largest absolute Gasteiger partial charge is 0.467 e. The third-order valence-electron chi connectivity index (χ3n) is 6.53. The van der Waals surface area contributed by atoms with Gasteiger partial charge in [0, 0.05) is 29.9 Å². The van der Waals surface area contributed by atoms with Crippen molar-refractivity contribution in [3.8, 4) is 0 Å². The van der Waals surface area contributed by atoms with Gasteiger partial charge in [0.1, 0.15) is 23.3 Å². The van der Waals surface area contributed by atoms with Crippen LogP contribution in [0.15, 0.2) is 99.3 Å². The van der Waals surface area contributed by atoms with Gasteiger partial charge in [-0.25, -0.2) is 5.01 Å². The fourth-order valence-corrected chi connectivity index (χ4v) is 4.76. The second-order valence-electron chi connectivity index (χ2n) is 8.77. The van der Waals surface area contributed by atoms with Crippen LogP contribution in [0.2, 0.25) is 0 Å². The maximum atomic E-state index is 13.2. The quantitative estimate of drug-likeness (QED) is 0.425. The zero-order valence-electron chi connectivity index (χ0n) is 19.5. The second-order valence-corrected chi connectivity index (χ2v) is 8.77. The highest BCUT2D eigenvalue weighted by atomic mass is 16.3. The summed E-state index contributed by atoms with van der Waals surface area (Å²) in [6, 6.07) is 22.1. The Morgan fingerprint density at radius 3 is 2.67 bits per heavy atom. The third-order valence-corrected chi connectivity index (χ3v) is 6.53. The summed E-state index contributed by atoms with van der Waals surface area (Å²) in [4.78, 5) is 28.2. The summed E-state index contributed by atoms with van der Waals surface area (Å²) >= 11 is 0. The lowest BCUT2D eigenvalue weighted by Gasteiger charge is -2.20. The van der Waals surface area contributed by atoms with E-state index in [1.807, 2.05) is 47.4 Å². The normalized spacial score (nSPS) is 16.7. The zero-order chi connectivity index (χ0) is 24.5. The lowest BCUT2D eigenvalue weighted by atomic mass is 10.1. The summed E-state index contributed by atoms with van der Waals surface area (Å²) in [5, 5.41) is 9.15. The van der Waals surface area contributed by atoms with Crippen LogP contribution in [0, 0.1) is 0 Å². The molecule has 0 fully saturated rings. The zero-order valence-corrected chi connectivity index (χ0v) is 19.5. The van der Waals surface area contributed by atoms with Crippen LogP contribution in [0.25, 0.3) is 0 Å². The molecule has 2 aromatic heterocycles. The van der Waals surface area contributed by atoms with Gasteiger partial charge in [0.25, 0.3) is 11.8 Å². The Balaban J connectivity index is 1.17. The number of hydrazone groups is 1. The van der Waals surface area contributed by atoms with Gasteiger partial charge in [-0.15, -0.1) is 0 Å². The first-order valence-corrected chi connectivity index (χ1v) is 11.9. The molecule has 8 heteroatoms. The predicted octanol–water partition coefficient (Wildman–Crippen LogP) is 4.87. The number of nitrogens with one attached hydrogen (secondary N) is 1. The van der Waals surface area contributed by atoms with Crippen LogP contribution in [0.1, 0.15) is 39.9 Å². The summed E-state index contributed by atoms with van der Waals surface area (Å²) < 4.78 is 11.1. The van der Waals surface area contributed by atoms with Gasteiger partial charge < -0.3 is 19.1 Å². The van der Waals surface area contributed by atoms with Crippen LogP contribution in [0.5, 0.6) is 0 Å². The summed E-state index contributed by atoms with van der Waals surface area (Å²) in [5.41, 5.74) is 4.08. The number of fused-ring (bicyclic) bond motifs is 1. The van der Waals surface area contributed by atoms with Gasteiger partial charge >= 0.3 is 0 Å². The lowest BCUT2D eigenvalue weighted by Crippen LogP contribution is -2.32. The molecule has 0 radical (unpaired) electrons. The van der Waals surface area contributed by atoms with E-state index < -0.39 is 0 Å². The average molecular weight is 481 g/mol. The average Bonchev–Trinajstić information content (AvgIpc) is 3.72. The monoisotopic (exact) mass is 480 g/mol. The van der Waals surface area contributed by atoms with Crippen LogP contribution in [0.3, 0.4) is 0 Å². The Kier molecular flexibility index (Phi) is 5.61. The van der Waals surface area contributed by atoms with Crippen LogP contribution in [-0.2, 0) is 11.2 Å². The number of rotatable bonds is 6. The van der Waals surface area contributed by atoms with E-state index in [1.165, 1.54) is 10.6 Å². The van der Waals surface area contributed by atoms with Crippen LogP contribution in [0.4, 0.5) is 11.4 Å². The van der Waals surface area contributed by atoms with Crippen molar-refractivity contribution in [2.45, 2.75) is 18.9 Å². The van der Waals surface area contributed by atoms with E-state index >= 15 is 0 Å². The Hall–Kier alpha value is -4.59. The van der Waals surface area contributed by atoms with E-state index in [1.54, 1.807) is 36.8 Å². The van der Waals surface area contributed by atoms with Gasteiger partial charge in [-0.2, -0.15) is 5.10 Å². The number of nitrogens with zero attached hydrogens (tertiary/aromatic N) is 3. The highest BCUT2D eigenvalue weighted by Crippen LogP contribution is 2.33. The van der Waals surface area contributed by atoms with Gasteiger partial charge in [-0.05, 0) is 60.5 Å².